The monoisotopic (exact) mass is 269 g/mol. The van der Waals surface area contributed by atoms with E-state index in [9.17, 15) is 0 Å². The van der Waals surface area contributed by atoms with Gasteiger partial charge in [-0.1, -0.05) is 13.8 Å². The lowest BCUT2D eigenvalue weighted by Crippen LogP contribution is -2.40. The fourth-order valence-electron chi connectivity index (χ4n) is 2.12. The number of anilines is 1. The minimum absolute atomic E-state index is 0.398. The van der Waals surface area contributed by atoms with Crippen molar-refractivity contribution in [3.63, 3.8) is 0 Å². The van der Waals surface area contributed by atoms with Crippen LogP contribution in [-0.2, 0) is 0 Å². The molecule has 0 bridgehead atoms. The van der Waals surface area contributed by atoms with Crippen LogP contribution in [0.25, 0.3) is 0 Å². The van der Waals surface area contributed by atoms with E-state index in [2.05, 4.69) is 44.6 Å². The maximum absolute atomic E-state index is 4.31. The molecule has 1 saturated heterocycles. The van der Waals surface area contributed by atoms with Crippen LogP contribution < -0.4 is 4.90 Å². The summed E-state index contributed by atoms with van der Waals surface area (Å²) in [5, 5.41) is 0. The second-order valence-corrected chi connectivity index (χ2v) is 5.70. The van der Waals surface area contributed by atoms with E-state index in [1.807, 2.05) is 6.07 Å². The summed E-state index contributed by atoms with van der Waals surface area (Å²) >= 11 is 3.38. The quantitative estimate of drug-likeness (QED) is 0.735. The highest BCUT2D eigenvalue weighted by Crippen LogP contribution is 2.30. The van der Waals surface area contributed by atoms with Gasteiger partial charge in [-0.15, -0.1) is 0 Å². The minimum atomic E-state index is 0.398. The van der Waals surface area contributed by atoms with Crippen molar-refractivity contribution in [2.24, 2.45) is 5.41 Å². The summed E-state index contributed by atoms with van der Waals surface area (Å²) in [5.74, 6) is 1.03. The minimum Gasteiger partial charge on any atom is -0.356 e. The van der Waals surface area contributed by atoms with Crippen LogP contribution in [0.1, 0.15) is 26.7 Å². The predicted octanol–water partition coefficient (Wildman–Crippen LogP) is 2.87. The molecule has 0 radical (unpaired) electrons. The fraction of sp³-hybridized carbons (Fsp3) is 0.636. The van der Waals surface area contributed by atoms with Gasteiger partial charge in [-0.3, -0.25) is 0 Å². The number of piperidine rings is 1. The van der Waals surface area contributed by atoms with E-state index in [1.165, 1.54) is 12.8 Å². The van der Waals surface area contributed by atoms with Crippen LogP contribution in [-0.4, -0.2) is 23.1 Å². The molecule has 0 unspecified atom stereocenters. The Morgan fingerprint density at radius 3 is 2.87 bits per heavy atom. The lowest BCUT2D eigenvalue weighted by Gasteiger charge is -2.38. The van der Waals surface area contributed by atoms with Crippen molar-refractivity contribution in [3.05, 3.63) is 17.0 Å². The maximum atomic E-state index is 4.31. The molecule has 1 aromatic rings. The Hall–Kier alpha value is -0.640. The topological polar surface area (TPSA) is 29.0 Å². The van der Waals surface area contributed by atoms with Gasteiger partial charge in [0.1, 0.15) is 16.7 Å². The molecule has 0 spiro atoms. The first-order valence-electron chi connectivity index (χ1n) is 5.29. The predicted molar refractivity (Wildman–Crippen MR) is 65.0 cm³/mol. The van der Waals surface area contributed by atoms with Gasteiger partial charge in [0, 0.05) is 19.2 Å². The molecule has 15 heavy (non-hydrogen) atoms. The van der Waals surface area contributed by atoms with E-state index < -0.39 is 0 Å². The highest BCUT2D eigenvalue weighted by molar-refractivity contribution is 9.10. The molecule has 0 aromatic carbocycles. The second kappa shape index (κ2) is 4.08. The summed E-state index contributed by atoms with van der Waals surface area (Å²) < 4.78 is 0.857. The van der Waals surface area contributed by atoms with Crippen molar-refractivity contribution in [1.82, 2.24) is 9.97 Å². The zero-order chi connectivity index (χ0) is 10.9. The SMILES string of the molecule is CC1(C)CCCN(c2cc(Br)ncn2)C1. The Labute approximate surface area is 99.0 Å². The maximum Gasteiger partial charge on any atom is 0.133 e. The number of rotatable bonds is 1. The summed E-state index contributed by atoms with van der Waals surface area (Å²) in [6.45, 7) is 6.81. The van der Waals surface area contributed by atoms with E-state index in [0.29, 0.717) is 5.41 Å². The van der Waals surface area contributed by atoms with E-state index >= 15 is 0 Å². The molecule has 1 aromatic heterocycles. The normalized spacial score (nSPS) is 20.3. The Morgan fingerprint density at radius 2 is 2.20 bits per heavy atom. The summed E-state index contributed by atoms with van der Waals surface area (Å²) in [6.07, 6.45) is 4.16. The first-order chi connectivity index (χ1) is 7.07. The fourth-order valence-corrected chi connectivity index (χ4v) is 2.41. The molecule has 2 heterocycles. The van der Waals surface area contributed by atoms with E-state index in [-0.39, 0.29) is 0 Å². The highest BCUT2D eigenvalue weighted by atomic mass is 79.9. The van der Waals surface area contributed by atoms with Crippen molar-refractivity contribution in [3.8, 4) is 0 Å². The zero-order valence-electron chi connectivity index (χ0n) is 9.20. The van der Waals surface area contributed by atoms with Crippen LogP contribution in [0.5, 0.6) is 0 Å². The van der Waals surface area contributed by atoms with Gasteiger partial charge in [0.2, 0.25) is 0 Å². The molecule has 1 fully saturated rings. The van der Waals surface area contributed by atoms with Gasteiger partial charge in [0.05, 0.1) is 0 Å². The van der Waals surface area contributed by atoms with Gasteiger partial charge in [-0.2, -0.15) is 0 Å². The van der Waals surface area contributed by atoms with Crippen LogP contribution in [0.3, 0.4) is 0 Å². The van der Waals surface area contributed by atoms with Crippen LogP contribution in [0.2, 0.25) is 0 Å². The van der Waals surface area contributed by atoms with E-state index in [4.69, 9.17) is 0 Å². The van der Waals surface area contributed by atoms with Crippen LogP contribution in [0.15, 0.2) is 17.0 Å². The molecule has 0 N–H and O–H groups in total. The molecule has 0 saturated carbocycles. The molecule has 1 aliphatic heterocycles. The van der Waals surface area contributed by atoms with E-state index in [1.54, 1.807) is 6.33 Å². The largest absolute Gasteiger partial charge is 0.356 e. The van der Waals surface area contributed by atoms with Crippen molar-refractivity contribution >= 4 is 21.7 Å². The summed E-state index contributed by atoms with van der Waals surface area (Å²) in [6, 6.07) is 1.99. The van der Waals surface area contributed by atoms with E-state index in [0.717, 1.165) is 23.5 Å². The average Bonchev–Trinajstić information content (AvgIpc) is 2.16. The van der Waals surface area contributed by atoms with Gasteiger partial charge < -0.3 is 4.90 Å². The number of aromatic nitrogens is 2. The first kappa shape index (κ1) is 10.9. The third-order valence-electron chi connectivity index (χ3n) is 2.84. The zero-order valence-corrected chi connectivity index (χ0v) is 10.8. The molecule has 0 atom stereocenters. The lowest BCUT2D eigenvalue weighted by atomic mass is 9.84. The summed E-state index contributed by atoms with van der Waals surface area (Å²) in [5.41, 5.74) is 0.398. The number of halogens is 1. The summed E-state index contributed by atoms with van der Waals surface area (Å²) in [7, 11) is 0. The third kappa shape index (κ3) is 2.68. The van der Waals surface area contributed by atoms with Crippen LogP contribution in [0.4, 0.5) is 5.82 Å². The van der Waals surface area contributed by atoms with Crippen molar-refractivity contribution in [1.29, 1.82) is 0 Å². The van der Waals surface area contributed by atoms with Crippen LogP contribution >= 0.6 is 15.9 Å². The Bertz CT molecular complexity index is 351. The van der Waals surface area contributed by atoms with Gasteiger partial charge in [-0.05, 0) is 34.2 Å². The van der Waals surface area contributed by atoms with Crippen molar-refractivity contribution in [2.45, 2.75) is 26.7 Å². The molecule has 82 valence electrons. The van der Waals surface area contributed by atoms with Gasteiger partial charge in [0.15, 0.2) is 0 Å². The molecule has 0 aliphatic carbocycles. The number of nitrogens with zero attached hydrogens (tertiary/aromatic N) is 3. The molecule has 1 aliphatic rings. The van der Waals surface area contributed by atoms with Gasteiger partial charge in [-0.25, -0.2) is 9.97 Å². The van der Waals surface area contributed by atoms with Crippen molar-refractivity contribution < 1.29 is 0 Å². The smallest absolute Gasteiger partial charge is 0.133 e. The molecule has 0 amide bonds. The first-order valence-corrected chi connectivity index (χ1v) is 6.09. The lowest BCUT2D eigenvalue weighted by molar-refractivity contribution is 0.292. The Kier molecular flexibility index (Phi) is 2.96. The standard InChI is InChI=1S/C11H16BrN3/c1-11(2)4-3-5-15(7-11)10-6-9(12)13-8-14-10/h6,8H,3-5,7H2,1-2H3. The average molecular weight is 270 g/mol. The van der Waals surface area contributed by atoms with Crippen LogP contribution in [0, 0.1) is 5.41 Å². The Morgan fingerprint density at radius 1 is 1.40 bits per heavy atom. The third-order valence-corrected chi connectivity index (χ3v) is 3.28. The Balaban J connectivity index is 2.17. The van der Waals surface area contributed by atoms with Crippen molar-refractivity contribution in [2.75, 3.05) is 18.0 Å². The molecule has 3 nitrogen and oxygen atoms in total. The number of hydrogen-bond donors (Lipinski definition) is 0. The highest BCUT2D eigenvalue weighted by Gasteiger charge is 2.26. The molecular weight excluding hydrogens is 254 g/mol. The molecule has 4 heteroatoms. The summed E-state index contributed by atoms with van der Waals surface area (Å²) in [4.78, 5) is 10.7. The second-order valence-electron chi connectivity index (χ2n) is 4.89. The molecule has 2 rings (SSSR count). The van der Waals surface area contributed by atoms with Gasteiger partial charge >= 0.3 is 0 Å². The number of hydrogen-bond acceptors (Lipinski definition) is 3. The molecular formula is C11H16BrN3. The van der Waals surface area contributed by atoms with Gasteiger partial charge in [0.25, 0.3) is 0 Å².